The summed E-state index contributed by atoms with van der Waals surface area (Å²) in [4.78, 5) is 0. The lowest BCUT2D eigenvalue weighted by atomic mass is 10.1. The van der Waals surface area contributed by atoms with Crippen molar-refractivity contribution in [1.29, 1.82) is 0 Å². The van der Waals surface area contributed by atoms with Crippen molar-refractivity contribution in [2.75, 3.05) is 11.9 Å². The Morgan fingerprint density at radius 3 is 1.47 bits per heavy atom. The number of thiol groups is 1. The molecule has 0 aromatic rings. The van der Waals surface area contributed by atoms with Crippen LogP contribution >= 0.6 is 21.9 Å². The molecule has 0 nitrogen and oxygen atoms in total. The first-order valence-electron chi connectivity index (χ1n) is 8.37. The van der Waals surface area contributed by atoms with E-state index in [0.29, 0.717) is 0 Å². The molecule has 0 aliphatic heterocycles. The quantitative estimate of drug-likeness (QED) is 0.153. The molecule has 0 radical (unpaired) electrons. The zero-order valence-corrected chi connectivity index (χ0v) is 14.8. The van der Waals surface area contributed by atoms with Gasteiger partial charge in [-0.05, 0) is 50.4 Å². The van der Waals surface area contributed by atoms with Crippen molar-refractivity contribution in [2.45, 2.75) is 83.5 Å². The van der Waals surface area contributed by atoms with Crippen molar-refractivity contribution in [2.24, 2.45) is 0 Å². The fourth-order valence-corrected chi connectivity index (χ4v) is 2.77. The van der Waals surface area contributed by atoms with Gasteiger partial charge in [-0.25, -0.2) is 0 Å². The Balaban J connectivity index is 3.01. The molecular weight excluding hydrogens is 267 g/mol. The smallest absolute Gasteiger partial charge is 0.00979 e. The van der Waals surface area contributed by atoms with E-state index in [4.69, 9.17) is 0 Å². The lowest BCUT2D eigenvalue weighted by Crippen LogP contribution is -1.80. The molecule has 0 heterocycles. The summed E-state index contributed by atoms with van der Waals surface area (Å²) in [7, 11) is 2.81. The zero-order valence-electron chi connectivity index (χ0n) is 12.8. The van der Waals surface area contributed by atoms with Crippen LogP contribution in [0.2, 0.25) is 0 Å². The highest BCUT2D eigenvalue weighted by Gasteiger charge is 1.90. The maximum absolute atomic E-state index is 4.23. The predicted octanol–water partition coefficient (Wildman–Crippen LogP) is 6.42. The Kier molecular flexibility index (Phi) is 19.0. The van der Waals surface area contributed by atoms with Crippen LogP contribution in [0, 0.1) is 0 Å². The molecule has 2 heteroatoms. The van der Waals surface area contributed by atoms with E-state index in [1.165, 1.54) is 89.6 Å². The van der Waals surface area contributed by atoms with Gasteiger partial charge in [0.15, 0.2) is 0 Å². The van der Waals surface area contributed by atoms with Crippen LogP contribution < -0.4 is 0 Å². The van der Waals surface area contributed by atoms with E-state index in [9.17, 15) is 0 Å². The van der Waals surface area contributed by atoms with Gasteiger partial charge in [0.2, 0.25) is 0 Å². The summed E-state index contributed by atoms with van der Waals surface area (Å²) in [5.74, 6) is 1.05. The zero-order chi connectivity index (χ0) is 14.0. The number of hydrogen-bond donors (Lipinski definition) is 1. The number of rotatable bonds is 15. The Hall–Kier alpha value is 0.520. The first-order valence-corrected chi connectivity index (χ1v) is 9.82. The molecule has 0 aromatic heterocycles. The van der Waals surface area contributed by atoms with E-state index in [1.54, 1.807) is 0 Å². The fourth-order valence-electron chi connectivity index (χ4n) is 2.25. The van der Waals surface area contributed by atoms with Crippen LogP contribution in [-0.4, -0.2) is 11.9 Å². The average molecular weight is 303 g/mol. The van der Waals surface area contributed by atoms with Crippen molar-refractivity contribution in [1.82, 2.24) is 0 Å². The largest absolute Gasteiger partial charge is 0.179 e. The molecule has 19 heavy (non-hydrogen) atoms. The van der Waals surface area contributed by atoms with Crippen molar-refractivity contribution in [3.63, 3.8) is 0 Å². The van der Waals surface area contributed by atoms with E-state index in [2.05, 4.69) is 34.0 Å². The first-order chi connectivity index (χ1) is 9.41. The molecule has 114 valence electrons. The summed E-state index contributed by atoms with van der Waals surface area (Å²) in [5.41, 5.74) is 0. The molecule has 0 aliphatic carbocycles. The highest BCUT2D eigenvalue weighted by atomic mass is 32.1. The van der Waals surface area contributed by atoms with Crippen LogP contribution in [0.3, 0.4) is 0 Å². The third-order valence-corrected chi connectivity index (χ3v) is 4.24. The molecule has 0 saturated heterocycles. The van der Waals surface area contributed by atoms with Crippen molar-refractivity contribution < 1.29 is 0 Å². The second-order valence-electron chi connectivity index (χ2n) is 5.45. The Labute approximate surface area is 129 Å². The van der Waals surface area contributed by atoms with Gasteiger partial charge in [-0.1, -0.05) is 57.1 Å². The standard InChI is InChI=1S/C17H35PS/c18-16-14-12-10-8-6-4-2-1-3-5-7-9-11-13-15-17-19/h1,3,19H,2,4-18H2/b3-1-. The van der Waals surface area contributed by atoms with Crippen LogP contribution in [0.15, 0.2) is 12.2 Å². The molecule has 0 spiro atoms. The van der Waals surface area contributed by atoms with Gasteiger partial charge in [-0.15, -0.1) is 9.24 Å². The minimum Gasteiger partial charge on any atom is -0.179 e. The Morgan fingerprint density at radius 1 is 0.579 bits per heavy atom. The lowest BCUT2D eigenvalue weighted by Gasteiger charge is -1.99. The second kappa shape index (κ2) is 18.5. The van der Waals surface area contributed by atoms with Crippen LogP contribution in [0.4, 0.5) is 0 Å². The lowest BCUT2D eigenvalue weighted by molar-refractivity contribution is 0.612. The van der Waals surface area contributed by atoms with Crippen molar-refractivity contribution >= 4 is 21.9 Å². The number of unbranched alkanes of at least 4 members (excludes halogenated alkanes) is 11. The molecule has 0 fully saturated rings. The monoisotopic (exact) mass is 302 g/mol. The third-order valence-electron chi connectivity index (χ3n) is 3.52. The molecular formula is C17H35PS. The highest BCUT2D eigenvalue weighted by Crippen LogP contribution is 2.09. The SMILES string of the molecule is PCCCCCCCC/C=C\CCCCCCCS. The minimum atomic E-state index is 1.05. The molecule has 1 atom stereocenters. The minimum absolute atomic E-state index is 1.05. The Bertz CT molecular complexity index is 180. The molecule has 0 bridgehead atoms. The number of allylic oxidation sites excluding steroid dienone is 2. The van der Waals surface area contributed by atoms with Gasteiger partial charge in [0.1, 0.15) is 0 Å². The molecule has 0 aromatic carbocycles. The van der Waals surface area contributed by atoms with Crippen molar-refractivity contribution in [3.05, 3.63) is 12.2 Å². The van der Waals surface area contributed by atoms with E-state index in [-0.39, 0.29) is 0 Å². The van der Waals surface area contributed by atoms with E-state index >= 15 is 0 Å². The molecule has 1 unspecified atom stereocenters. The summed E-state index contributed by atoms with van der Waals surface area (Å²) in [6.45, 7) is 0. The van der Waals surface area contributed by atoms with E-state index in [1.807, 2.05) is 0 Å². The summed E-state index contributed by atoms with van der Waals surface area (Å²) in [5, 5.41) is 0. The van der Waals surface area contributed by atoms with E-state index < -0.39 is 0 Å². The average Bonchev–Trinajstić information content (AvgIpc) is 2.43. The van der Waals surface area contributed by atoms with E-state index in [0.717, 1.165) is 5.75 Å². The van der Waals surface area contributed by atoms with Gasteiger partial charge in [0.25, 0.3) is 0 Å². The van der Waals surface area contributed by atoms with Gasteiger partial charge in [0, 0.05) is 0 Å². The Morgan fingerprint density at radius 2 is 1.00 bits per heavy atom. The summed E-state index contributed by atoms with van der Waals surface area (Å²) in [6, 6.07) is 0. The van der Waals surface area contributed by atoms with Gasteiger partial charge in [-0.3, -0.25) is 0 Å². The molecule has 0 N–H and O–H groups in total. The maximum Gasteiger partial charge on any atom is -0.00979 e. The van der Waals surface area contributed by atoms with Crippen molar-refractivity contribution in [3.8, 4) is 0 Å². The van der Waals surface area contributed by atoms with Gasteiger partial charge < -0.3 is 0 Å². The topological polar surface area (TPSA) is 0 Å². The highest BCUT2D eigenvalue weighted by molar-refractivity contribution is 7.80. The normalized spacial score (nSPS) is 11.5. The van der Waals surface area contributed by atoms with Gasteiger partial charge in [0.05, 0.1) is 0 Å². The molecule has 0 rings (SSSR count). The molecule has 0 amide bonds. The molecule has 0 aliphatic rings. The van der Waals surface area contributed by atoms with Crippen LogP contribution in [0.5, 0.6) is 0 Å². The molecule has 0 saturated carbocycles. The van der Waals surface area contributed by atoms with Crippen LogP contribution in [-0.2, 0) is 0 Å². The summed E-state index contributed by atoms with van der Waals surface area (Å²) < 4.78 is 0. The summed E-state index contributed by atoms with van der Waals surface area (Å²) in [6.07, 6.45) is 24.0. The fraction of sp³-hybridized carbons (Fsp3) is 0.882. The van der Waals surface area contributed by atoms with Crippen LogP contribution in [0.1, 0.15) is 83.5 Å². The summed E-state index contributed by atoms with van der Waals surface area (Å²) >= 11 is 4.23. The van der Waals surface area contributed by atoms with Gasteiger partial charge >= 0.3 is 0 Å². The number of hydrogen-bond acceptors (Lipinski definition) is 1. The predicted molar refractivity (Wildman–Crippen MR) is 97.6 cm³/mol. The van der Waals surface area contributed by atoms with Crippen LogP contribution in [0.25, 0.3) is 0 Å². The first kappa shape index (κ1) is 19.5. The third kappa shape index (κ3) is 18.5. The van der Waals surface area contributed by atoms with Gasteiger partial charge in [-0.2, -0.15) is 12.6 Å². The second-order valence-corrected chi connectivity index (χ2v) is 6.47. The maximum atomic E-state index is 4.23.